The normalized spacial score (nSPS) is 15.0. The molecule has 1 fully saturated rings. The predicted molar refractivity (Wildman–Crippen MR) is 116 cm³/mol. The number of benzene rings is 2. The number of aryl methyl sites for hydroxylation is 1. The summed E-state index contributed by atoms with van der Waals surface area (Å²) in [6.07, 6.45) is 6.44. The maximum Gasteiger partial charge on any atom is 0.339 e. The number of hydrogen-bond donors (Lipinski definition) is 2. The zero-order valence-corrected chi connectivity index (χ0v) is 17.1. The van der Waals surface area contributed by atoms with Gasteiger partial charge < -0.3 is 14.8 Å². The van der Waals surface area contributed by atoms with Crippen LogP contribution in [0.1, 0.15) is 54.1 Å². The topological polar surface area (TPSA) is 62.5 Å². The molecule has 0 aliphatic carbocycles. The zero-order chi connectivity index (χ0) is 18.8. The van der Waals surface area contributed by atoms with Gasteiger partial charge in [-0.05, 0) is 74.4 Å². The van der Waals surface area contributed by atoms with Crippen molar-refractivity contribution in [2.45, 2.75) is 45.4 Å². The van der Waals surface area contributed by atoms with E-state index in [2.05, 4.69) is 18.3 Å². The first-order valence-corrected chi connectivity index (χ1v) is 10.1. The SMILES string of the molecule is CCCCc1c(CC2CCNCC2)cc(C(=O)O)c2oc3ccccc3c12.Cl. The maximum atomic E-state index is 12.0. The van der Waals surface area contributed by atoms with Crippen molar-refractivity contribution in [3.05, 3.63) is 47.0 Å². The van der Waals surface area contributed by atoms with Gasteiger partial charge in [-0.25, -0.2) is 4.79 Å². The van der Waals surface area contributed by atoms with E-state index in [1.807, 2.05) is 24.3 Å². The standard InChI is InChI=1S/C23H27NO3.ClH/c1-2-3-6-17-16(13-15-9-11-24-12-10-15)14-19(23(25)26)22-21(17)18-7-4-5-8-20(18)27-22;/h4-5,7-8,14-15,24H,2-3,6,9-13H2,1H3,(H,25,26);1H. The van der Waals surface area contributed by atoms with Crippen LogP contribution in [-0.4, -0.2) is 24.2 Å². The predicted octanol–water partition coefficient (Wildman–Crippen LogP) is 5.59. The Morgan fingerprint density at radius 2 is 2.00 bits per heavy atom. The molecular weight excluding hydrogens is 374 g/mol. The third-order valence-corrected chi connectivity index (χ3v) is 5.83. The van der Waals surface area contributed by atoms with Crippen molar-refractivity contribution >= 4 is 40.3 Å². The highest BCUT2D eigenvalue weighted by atomic mass is 35.5. The largest absolute Gasteiger partial charge is 0.478 e. The lowest BCUT2D eigenvalue weighted by molar-refractivity contribution is 0.0698. The van der Waals surface area contributed by atoms with Gasteiger partial charge in [0.25, 0.3) is 0 Å². The molecule has 5 heteroatoms. The lowest BCUT2D eigenvalue weighted by Gasteiger charge is -2.24. The highest BCUT2D eigenvalue weighted by molar-refractivity contribution is 6.13. The van der Waals surface area contributed by atoms with Crippen LogP contribution in [0.2, 0.25) is 0 Å². The van der Waals surface area contributed by atoms with Crippen molar-refractivity contribution < 1.29 is 14.3 Å². The number of aromatic carboxylic acids is 1. The second kappa shape index (κ2) is 8.97. The molecule has 1 saturated heterocycles. The monoisotopic (exact) mass is 401 g/mol. The van der Waals surface area contributed by atoms with E-state index in [0.29, 0.717) is 17.1 Å². The van der Waals surface area contributed by atoms with E-state index in [4.69, 9.17) is 4.42 Å². The smallest absolute Gasteiger partial charge is 0.339 e. The molecule has 0 bridgehead atoms. The van der Waals surface area contributed by atoms with Crippen LogP contribution in [0.3, 0.4) is 0 Å². The van der Waals surface area contributed by atoms with Crippen molar-refractivity contribution in [3.8, 4) is 0 Å². The summed E-state index contributed by atoms with van der Waals surface area (Å²) < 4.78 is 6.02. The number of rotatable bonds is 6. The van der Waals surface area contributed by atoms with Gasteiger partial charge >= 0.3 is 5.97 Å². The highest BCUT2D eigenvalue weighted by Crippen LogP contribution is 2.37. The van der Waals surface area contributed by atoms with Crippen molar-refractivity contribution in [2.75, 3.05) is 13.1 Å². The molecule has 3 aromatic rings. The van der Waals surface area contributed by atoms with Crippen LogP contribution in [0, 0.1) is 5.92 Å². The van der Waals surface area contributed by atoms with E-state index >= 15 is 0 Å². The number of piperidine rings is 1. The minimum Gasteiger partial charge on any atom is -0.478 e. The summed E-state index contributed by atoms with van der Waals surface area (Å²) in [5.41, 5.74) is 4.09. The third kappa shape index (κ3) is 3.89. The van der Waals surface area contributed by atoms with Gasteiger partial charge in [0.15, 0.2) is 0 Å². The summed E-state index contributed by atoms with van der Waals surface area (Å²) in [6, 6.07) is 9.81. The number of nitrogens with one attached hydrogen (secondary N) is 1. The second-order valence-corrected chi connectivity index (χ2v) is 7.67. The third-order valence-electron chi connectivity index (χ3n) is 5.83. The number of para-hydroxylation sites is 1. The molecule has 4 rings (SSSR count). The van der Waals surface area contributed by atoms with Crippen LogP contribution >= 0.6 is 12.4 Å². The second-order valence-electron chi connectivity index (χ2n) is 7.67. The Morgan fingerprint density at radius 1 is 1.25 bits per heavy atom. The minimum atomic E-state index is -0.910. The van der Waals surface area contributed by atoms with Gasteiger partial charge in [-0.15, -0.1) is 12.4 Å². The van der Waals surface area contributed by atoms with Gasteiger partial charge in [-0.1, -0.05) is 31.5 Å². The molecule has 4 nitrogen and oxygen atoms in total. The average Bonchev–Trinajstić information content (AvgIpc) is 3.07. The number of fused-ring (bicyclic) bond motifs is 3. The molecule has 1 aliphatic rings. The molecule has 1 aromatic heterocycles. The quantitative estimate of drug-likeness (QED) is 0.565. The summed E-state index contributed by atoms with van der Waals surface area (Å²) in [5, 5.41) is 15.3. The Labute approximate surface area is 171 Å². The summed E-state index contributed by atoms with van der Waals surface area (Å²) in [6.45, 7) is 4.30. The van der Waals surface area contributed by atoms with E-state index < -0.39 is 5.97 Å². The first kappa shape index (κ1) is 20.7. The lowest BCUT2D eigenvalue weighted by Crippen LogP contribution is -2.28. The molecule has 2 heterocycles. The molecule has 2 N–H and O–H groups in total. The van der Waals surface area contributed by atoms with Crippen molar-refractivity contribution in [3.63, 3.8) is 0 Å². The summed E-state index contributed by atoms with van der Waals surface area (Å²) in [4.78, 5) is 12.0. The van der Waals surface area contributed by atoms with E-state index in [-0.39, 0.29) is 12.4 Å². The molecule has 0 unspecified atom stereocenters. The van der Waals surface area contributed by atoms with E-state index in [9.17, 15) is 9.90 Å². The fraction of sp³-hybridized carbons (Fsp3) is 0.435. The number of unbranched alkanes of at least 4 members (excludes halogenated alkanes) is 1. The van der Waals surface area contributed by atoms with Crippen molar-refractivity contribution in [2.24, 2.45) is 5.92 Å². The Bertz CT molecular complexity index is 973. The Balaban J connectivity index is 0.00000225. The van der Waals surface area contributed by atoms with Gasteiger partial charge in [0, 0.05) is 10.8 Å². The maximum absolute atomic E-state index is 12.0. The van der Waals surface area contributed by atoms with Crippen LogP contribution < -0.4 is 5.32 Å². The van der Waals surface area contributed by atoms with Crippen LogP contribution in [0.15, 0.2) is 34.7 Å². The summed E-state index contributed by atoms with van der Waals surface area (Å²) >= 11 is 0. The van der Waals surface area contributed by atoms with Crippen molar-refractivity contribution in [1.82, 2.24) is 5.32 Å². The zero-order valence-electron chi connectivity index (χ0n) is 16.3. The minimum absolute atomic E-state index is 0. The van der Waals surface area contributed by atoms with Crippen LogP contribution in [0.5, 0.6) is 0 Å². The highest BCUT2D eigenvalue weighted by Gasteiger charge is 2.23. The number of carbonyl (C=O) groups is 1. The number of halogens is 1. The van der Waals surface area contributed by atoms with Gasteiger partial charge in [-0.2, -0.15) is 0 Å². The molecule has 0 radical (unpaired) electrons. The molecule has 0 spiro atoms. The first-order valence-electron chi connectivity index (χ1n) is 10.1. The fourth-order valence-electron chi connectivity index (χ4n) is 4.40. The Morgan fingerprint density at radius 3 is 2.71 bits per heavy atom. The molecule has 28 heavy (non-hydrogen) atoms. The number of carboxylic acid groups (broad SMARTS) is 1. The molecule has 0 amide bonds. The number of hydrogen-bond acceptors (Lipinski definition) is 3. The molecular formula is C23H28ClNO3. The van der Waals surface area contributed by atoms with E-state index in [1.165, 1.54) is 11.1 Å². The first-order chi connectivity index (χ1) is 13.2. The average molecular weight is 402 g/mol. The molecule has 1 aliphatic heterocycles. The summed E-state index contributed by atoms with van der Waals surface area (Å²) in [7, 11) is 0. The Hall–Kier alpha value is -2.04. The van der Waals surface area contributed by atoms with Gasteiger partial charge in [0.1, 0.15) is 16.7 Å². The fourth-order valence-corrected chi connectivity index (χ4v) is 4.40. The molecule has 2 aromatic carbocycles. The lowest BCUT2D eigenvalue weighted by atomic mass is 9.85. The van der Waals surface area contributed by atoms with Gasteiger partial charge in [0.05, 0.1) is 0 Å². The van der Waals surface area contributed by atoms with Crippen LogP contribution in [0.25, 0.3) is 21.9 Å². The van der Waals surface area contributed by atoms with Crippen molar-refractivity contribution in [1.29, 1.82) is 0 Å². The molecule has 0 saturated carbocycles. The number of carboxylic acids is 1. The summed E-state index contributed by atoms with van der Waals surface area (Å²) in [5.74, 6) is -0.295. The van der Waals surface area contributed by atoms with Gasteiger partial charge in [-0.3, -0.25) is 0 Å². The molecule has 150 valence electrons. The molecule has 0 atom stereocenters. The van der Waals surface area contributed by atoms with Crippen LogP contribution in [0.4, 0.5) is 0 Å². The number of furan rings is 1. The Kier molecular flexibility index (Phi) is 6.63. The van der Waals surface area contributed by atoms with Gasteiger partial charge in [0.2, 0.25) is 0 Å². The van der Waals surface area contributed by atoms with Crippen LogP contribution in [-0.2, 0) is 12.8 Å². The van der Waals surface area contributed by atoms with E-state index in [0.717, 1.165) is 68.0 Å². The van der Waals surface area contributed by atoms with E-state index in [1.54, 1.807) is 0 Å².